The molecule has 0 radical (unpaired) electrons. The van der Waals surface area contributed by atoms with Crippen LogP contribution in [0, 0.1) is 6.92 Å². The molecule has 194 valence electrons. The van der Waals surface area contributed by atoms with E-state index in [-0.39, 0.29) is 6.61 Å². The van der Waals surface area contributed by atoms with Crippen molar-refractivity contribution in [1.82, 2.24) is 5.32 Å². The molecule has 0 aromatic heterocycles. The van der Waals surface area contributed by atoms with Gasteiger partial charge in [0.2, 0.25) is 0 Å². The Kier molecular flexibility index (Phi) is 11.5. The summed E-state index contributed by atoms with van der Waals surface area (Å²) in [5, 5.41) is 12.0. The van der Waals surface area contributed by atoms with Crippen LogP contribution in [0.5, 0.6) is 17.2 Å². The second-order valence-electron chi connectivity index (χ2n) is 8.18. The normalized spacial score (nSPS) is 10.9. The number of hydrogen-bond donors (Lipinski definition) is 2. The molecule has 0 aliphatic heterocycles. The summed E-state index contributed by atoms with van der Waals surface area (Å²) < 4.78 is 28.2. The second kappa shape index (κ2) is 15.1. The van der Waals surface area contributed by atoms with Gasteiger partial charge in [-0.15, -0.1) is 0 Å². The number of ether oxygens (including phenoxy) is 5. The van der Waals surface area contributed by atoms with E-state index >= 15 is 0 Å². The van der Waals surface area contributed by atoms with Crippen LogP contribution >= 0.6 is 0 Å². The van der Waals surface area contributed by atoms with Crippen molar-refractivity contribution in [3.63, 3.8) is 0 Å². The Morgan fingerprint density at radius 1 is 0.806 bits per heavy atom. The van der Waals surface area contributed by atoms with E-state index < -0.39 is 0 Å². The minimum absolute atomic E-state index is 0.0239. The first kappa shape index (κ1) is 27.5. The molecule has 0 bridgehead atoms. The second-order valence-corrected chi connectivity index (χ2v) is 8.18. The molecule has 7 nitrogen and oxygen atoms in total. The molecule has 0 aliphatic carbocycles. The SMILES string of the molecule is COc1cc(OCc2cccc(-c3ccccc3)c2C)cc(OC)c1CNCCOCCOCCO. The van der Waals surface area contributed by atoms with Crippen molar-refractivity contribution in [3.8, 4) is 28.4 Å². The molecule has 0 atom stereocenters. The summed E-state index contributed by atoms with van der Waals surface area (Å²) in [7, 11) is 3.29. The lowest BCUT2D eigenvalue weighted by atomic mass is 9.97. The number of benzene rings is 3. The fourth-order valence-electron chi connectivity index (χ4n) is 3.89. The van der Waals surface area contributed by atoms with Gasteiger partial charge in [0, 0.05) is 25.2 Å². The maximum absolute atomic E-state index is 8.69. The summed E-state index contributed by atoms with van der Waals surface area (Å²) in [6, 6.07) is 20.5. The summed E-state index contributed by atoms with van der Waals surface area (Å²) >= 11 is 0. The molecular weight excluding hydrogens is 458 g/mol. The zero-order valence-corrected chi connectivity index (χ0v) is 21.4. The van der Waals surface area contributed by atoms with Gasteiger partial charge < -0.3 is 34.1 Å². The lowest BCUT2D eigenvalue weighted by Gasteiger charge is -2.17. The summed E-state index contributed by atoms with van der Waals surface area (Å²) in [6.45, 7) is 5.68. The quantitative estimate of drug-likeness (QED) is 0.286. The number of rotatable bonds is 16. The lowest BCUT2D eigenvalue weighted by Crippen LogP contribution is -2.21. The molecule has 3 rings (SSSR count). The molecule has 0 fully saturated rings. The van der Waals surface area contributed by atoms with E-state index in [4.69, 9.17) is 28.8 Å². The molecule has 0 spiro atoms. The van der Waals surface area contributed by atoms with Crippen LogP contribution in [0.15, 0.2) is 60.7 Å². The van der Waals surface area contributed by atoms with E-state index in [2.05, 4.69) is 54.7 Å². The molecule has 0 aliphatic rings. The Hall–Kier alpha value is -3.10. The molecule has 7 heteroatoms. The monoisotopic (exact) mass is 495 g/mol. The fourth-order valence-corrected chi connectivity index (χ4v) is 3.89. The largest absolute Gasteiger partial charge is 0.496 e. The van der Waals surface area contributed by atoms with Gasteiger partial charge in [-0.25, -0.2) is 0 Å². The minimum atomic E-state index is 0.0239. The molecule has 3 aromatic rings. The molecule has 0 saturated carbocycles. The van der Waals surface area contributed by atoms with E-state index in [1.807, 2.05) is 18.2 Å². The molecule has 3 aromatic carbocycles. The highest BCUT2D eigenvalue weighted by molar-refractivity contribution is 5.68. The van der Waals surface area contributed by atoms with Crippen LogP contribution in [-0.4, -0.2) is 58.9 Å². The fraction of sp³-hybridized carbons (Fsp3) is 0.379. The van der Waals surface area contributed by atoms with E-state index in [1.54, 1.807) is 14.2 Å². The molecule has 2 N–H and O–H groups in total. The third kappa shape index (κ3) is 7.96. The summed E-state index contributed by atoms with van der Waals surface area (Å²) in [5.74, 6) is 2.08. The molecular formula is C29H37NO6. The highest BCUT2D eigenvalue weighted by Crippen LogP contribution is 2.35. The Morgan fingerprint density at radius 3 is 2.17 bits per heavy atom. The number of nitrogens with one attached hydrogen (secondary N) is 1. The molecule has 0 amide bonds. The van der Waals surface area contributed by atoms with Crippen molar-refractivity contribution in [1.29, 1.82) is 0 Å². The third-order valence-corrected chi connectivity index (χ3v) is 5.84. The van der Waals surface area contributed by atoms with Crippen molar-refractivity contribution < 1.29 is 28.8 Å². The van der Waals surface area contributed by atoms with Crippen molar-refractivity contribution in [3.05, 3.63) is 77.4 Å². The van der Waals surface area contributed by atoms with Gasteiger partial charge in [-0.3, -0.25) is 0 Å². The van der Waals surface area contributed by atoms with Gasteiger partial charge in [0.05, 0.1) is 52.8 Å². The van der Waals surface area contributed by atoms with E-state index in [0.29, 0.717) is 63.4 Å². The highest BCUT2D eigenvalue weighted by atomic mass is 16.5. The standard InChI is InChI=1S/C29H37NO6/c1-22-24(10-7-11-26(22)23-8-5-4-6-9-23)21-36-25-18-28(32-2)27(29(19-25)33-3)20-30-12-14-34-16-17-35-15-13-31/h4-11,18-19,30-31H,12-17,20-21H2,1-3H3. The molecule has 0 unspecified atom stereocenters. The van der Waals surface area contributed by atoms with Crippen LogP contribution in [0.2, 0.25) is 0 Å². The van der Waals surface area contributed by atoms with Crippen molar-refractivity contribution in [2.75, 3.05) is 53.8 Å². The van der Waals surface area contributed by atoms with Gasteiger partial charge >= 0.3 is 0 Å². The number of aliphatic hydroxyl groups excluding tert-OH is 1. The van der Waals surface area contributed by atoms with Gasteiger partial charge in [-0.05, 0) is 29.2 Å². The van der Waals surface area contributed by atoms with E-state index in [9.17, 15) is 0 Å². The first-order chi connectivity index (χ1) is 17.7. The Morgan fingerprint density at radius 2 is 1.50 bits per heavy atom. The Bertz CT molecular complexity index is 1030. The third-order valence-electron chi connectivity index (χ3n) is 5.84. The van der Waals surface area contributed by atoms with E-state index in [1.165, 1.54) is 16.7 Å². The lowest BCUT2D eigenvalue weighted by molar-refractivity contribution is 0.0339. The summed E-state index contributed by atoms with van der Waals surface area (Å²) in [5.41, 5.74) is 5.64. The number of aliphatic hydroxyl groups is 1. The average molecular weight is 496 g/mol. The minimum Gasteiger partial charge on any atom is -0.496 e. The average Bonchev–Trinajstić information content (AvgIpc) is 2.92. The summed E-state index contributed by atoms with van der Waals surface area (Å²) in [6.07, 6.45) is 0. The van der Waals surface area contributed by atoms with Gasteiger partial charge in [0.1, 0.15) is 23.9 Å². The molecule has 36 heavy (non-hydrogen) atoms. The predicted octanol–water partition coefficient (Wildman–Crippen LogP) is 4.37. The maximum atomic E-state index is 8.69. The van der Waals surface area contributed by atoms with Gasteiger partial charge in [-0.1, -0.05) is 48.5 Å². The first-order valence-electron chi connectivity index (χ1n) is 12.2. The Balaban J connectivity index is 1.59. The molecule has 0 saturated heterocycles. The number of methoxy groups -OCH3 is 2. The van der Waals surface area contributed by atoms with Gasteiger partial charge in [-0.2, -0.15) is 0 Å². The Labute approximate surface area is 213 Å². The topological polar surface area (TPSA) is 78.4 Å². The highest BCUT2D eigenvalue weighted by Gasteiger charge is 2.14. The van der Waals surface area contributed by atoms with Crippen LogP contribution in [0.25, 0.3) is 11.1 Å². The van der Waals surface area contributed by atoms with Crippen LogP contribution in [0.4, 0.5) is 0 Å². The van der Waals surface area contributed by atoms with Gasteiger partial charge in [0.15, 0.2) is 0 Å². The molecule has 0 heterocycles. The zero-order chi connectivity index (χ0) is 25.6. The predicted molar refractivity (Wildman–Crippen MR) is 141 cm³/mol. The van der Waals surface area contributed by atoms with Crippen LogP contribution in [0.1, 0.15) is 16.7 Å². The zero-order valence-electron chi connectivity index (χ0n) is 21.4. The van der Waals surface area contributed by atoms with Crippen molar-refractivity contribution in [2.45, 2.75) is 20.1 Å². The summed E-state index contributed by atoms with van der Waals surface area (Å²) in [4.78, 5) is 0. The van der Waals surface area contributed by atoms with Crippen LogP contribution in [0.3, 0.4) is 0 Å². The number of hydrogen-bond acceptors (Lipinski definition) is 7. The first-order valence-corrected chi connectivity index (χ1v) is 12.2. The van der Waals surface area contributed by atoms with E-state index in [0.717, 1.165) is 11.1 Å². The van der Waals surface area contributed by atoms with Crippen molar-refractivity contribution >= 4 is 0 Å². The van der Waals surface area contributed by atoms with Crippen molar-refractivity contribution in [2.24, 2.45) is 0 Å². The van der Waals surface area contributed by atoms with Crippen LogP contribution < -0.4 is 19.5 Å². The smallest absolute Gasteiger partial charge is 0.130 e. The van der Waals surface area contributed by atoms with Gasteiger partial charge in [0.25, 0.3) is 0 Å². The maximum Gasteiger partial charge on any atom is 0.130 e. The van der Waals surface area contributed by atoms with Crippen LogP contribution in [-0.2, 0) is 22.6 Å².